The molecule has 0 bridgehead atoms. The van der Waals surface area contributed by atoms with Crippen LogP contribution in [-0.2, 0) is 5.41 Å². The molecule has 9 rings (SSSR count). The first-order valence-corrected chi connectivity index (χ1v) is 17.6. The van der Waals surface area contributed by atoms with Gasteiger partial charge in [0.1, 0.15) is 0 Å². The van der Waals surface area contributed by atoms with E-state index in [4.69, 9.17) is 0 Å². The van der Waals surface area contributed by atoms with Crippen molar-refractivity contribution < 1.29 is 0 Å². The SMILES string of the molecule is c1ccc(-c2cc(-c3ccc(C4(c5ccc(-n6c7ccccc7c7ccccc76)cc5)CCCCC4)cc3)cc(-c3cccnc3)c2)cc1. The molecule has 0 unspecified atom stereocenters. The summed E-state index contributed by atoms with van der Waals surface area (Å²) in [4.78, 5) is 4.41. The van der Waals surface area contributed by atoms with Crippen LogP contribution in [0.15, 0.2) is 170 Å². The maximum Gasteiger partial charge on any atom is 0.0541 e. The Morgan fingerprint density at radius 2 is 0.939 bits per heavy atom. The lowest BCUT2D eigenvalue weighted by Crippen LogP contribution is -2.30. The highest BCUT2D eigenvalue weighted by Crippen LogP contribution is 2.46. The van der Waals surface area contributed by atoms with E-state index in [9.17, 15) is 0 Å². The van der Waals surface area contributed by atoms with E-state index >= 15 is 0 Å². The standard InChI is InChI=1S/C47H38N2/c1-3-12-34(13-4-1)37-30-38(32-39(31-37)36-14-11-29-48-33-36)35-19-21-40(22-20-35)47(27-9-2-10-28-47)41-23-25-42(26-24-41)49-45-17-7-5-15-43(45)44-16-6-8-18-46(44)49/h1,3-8,11-26,29-33H,2,9-10,27-28H2. The van der Waals surface area contributed by atoms with E-state index in [1.165, 1.54) is 98.5 Å². The maximum absolute atomic E-state index is 4.41. The molecule has 49 heavy (non-hydrogen) atoms. The zero-order valence-corrected chi connectivity index (χ0v) is 27.6. The Bertz CT molecular complexity index is 2270. The van der Waals surface area contributed by atoms with Crippen LogP contribution in [-0.4, -0.2) is 9.55 Å². The van der Waals surface area contributed by atoms with E-state index in [2.05, 4.69) is 161 Å². The van der Waals surface area contributed by atoms with E-state index in [0.29, 0.717) is 0 Å². The minimum Gasteiger partial charge on any atom is -0.309 e. The largest absolute Gasteiger partial charge is 0.309 e. The van der Waals surface area contributed by atoms with Gasteiger partial charge in [0.25, 0.3) is 0 Å². The molecular formula is C47H38N2. The number of rotatable bonds is 6. The van der Waals surface area contributed by atoms with Crippen LogP contribution in [0.25, 0.3) is 60.9 Å². The highest BCUT2D eigenvalue weighted by Gasteiger charge is 2.35. The Morgan fingerprint density at radius 3 is 1.53 bits per heavy atom. The predicted octanol–water partition coefficient (Wildman–Crippen LogP) is 12.4. The molecule has 1 aliphatic carbocycles. The third-order valence-corrected chi connectivity index (χ3v) is 10.8. The van der Waals surface area contributed by atoms with Crippen LogP contribution in [0.3, 0.4) is 0 Å². The highest BCUT2D eigenvalue weighted by molar-refractivity contribution is 6.09. The third kappa shape index (κ3) is 5.25. The normalized spacial score (nSPS) is 14.3. The lowest BCUT2D eigenvalue weighted by atomic mass is 9.65. The second-order valence-electron chi connectivity index (χ2n) is 13.5. The predicted molar refractivity (Wildman–Crippen MR) is 205 cm³/mol. The molecule has 0 spiro atoms. The van der Waals surface area contributed by atoms with Gasteiger partial charge < -0.3 is 4.57 Å². The molecule has 0 N–H and O–H groups in total. The third-order valence-electron chi connectivity index (χ3n) is 10.8. The molecule has 236 valence electrons. The van der Waals surface area contributed by atoms with Gasteiger partial charge in [-0.3, -0.25) is 4.98 Å². The van der Waals surface area contributed by atoms with Gasteiger partial charge in [-0.05, 0) is 100 Å². The van der Waals surface area contributed by atoms with Gasteiger partial charge in [-0.15, -0.1) is 0 Å². The summed E-state index contributed by atoms with van der Waals surface area (Å²) in [5, 5.41) is 2.60. The summed E-state index contributed by atoms with van der Waals surface area (Å²) >= 11 is 0. The monoisotopic (exact) mass is 630 g/mol. The summed E-state index contributed by atoms with van der Waals surface area (Å²) in [6.45, 7) is 0. The molecule has 1 aliphatic rings. The number of hydrogen-bond acceptors (Lipinski definition) is 1. The fourth-order valence-corrected chi connectivity index (χ4v) is 8.30. The number of fused-ring (bicyclic) bond motifs is 3. The van der Waals surface area contributed by atoms with Crippen molar-refractivity contribution >= 4 is 21.8 Å². The van der Waals surface area contributed by atoms with E-state index in [0.717, 1.165) is 5.56 Å². The summed E-state index contributed by atoms with van der Waals surface area (Å²) in [7, 11) is 0. The van der Waals surface area contributed by atoms with Crippen LogP contribution >= 0.6 is 0 Å². The van der Waals surface area contributed by atoms with E-state index in [-0.39, 0.29) is 5.41 Å². The Hall–Kier alpha value is -5.73. The quantitative estimate of drug-likeness (QED) is 0.179. The smallest absolute Gasteiger partial charge is 0.0541 e. The molecule has 2 nitrogen and oxygen atoms in total. The van der Waals surface area contributed by atoms with Crippen molar-refractivity contribution in [2.45, 2.75) is 37.5 Å². The molecule has 8 aromatic rings. The fraction of sp³-hybridized carbons (Fsp3) is 0.128. The van der Waals surface area contributed by atoms with Gasteiger partial charge in [-0.25, -0.2) is 0 Å². The molecule has 0 atom stereocenters. The maximum atomic E-state index is 4.41. The minimum atomic E-state index is 0.0168. The van der Waals surface area contributed by atoms with Crippen LogP contribution in [0.4, 0.5) is 0 Å². The number of aromatic nitrogens is 2. The Labute approximate surface area is 288 Å². The summed E-state index contributed by atoms with van der Waals surface area (Å²) in [5.74, 6) is 0. The van der Waals surface area contributed by atoms with Gasteiger partial charge in [0.05, 0.1) is 11.0 Å². The summed E-state index contributed by atoms with van der Waals surface area (Å²) in [6, 6.07) is 58.2. The van der Waals surface area contributed by atoms with Crippen molar-refractivity contribution in [3.05, 3.63) is 181 Å². The first-order chi connectivity index (χ1) is 24.3. The van der Waals surface area contributed by atoms with Crippen LogP contribution < -0.4 is 0 Å². The molecule has 2 heterocycles. The van der Waals surface area contributed by atoms with E-state index in [1.807, 2.05) is 18.5 Å². The van der Waals surface area contributed by atoms with Crippen LogP contribution in [0.5, 0.6) is 0 Å². The average Bonchev–Trinajstić information content (AvgIpc) is 3.53. The lowest BCUT2D eigenvalue weighted by Gasteiger charge is -2.39. The van der Waals surface area contributed by atoms with Gasteiger partial charge in [0, 0.05) is 39.8 Å². The first kappa shape index (κ1) is 29.4. The Morgan fingerprint density at radius 1 is 0.429 bits per heavy atom. The summed E-state index contributed by atoms with van der Waals surface area (Å²) in [6.07, 6.45) is 9.96. The zero-order valence-electron chi connectivity index (χ0n) is 27.6. The van der Waals surface area contributed by atoms with Crippen LogP contribution in [0.2, 0.25) is 0 Å². The van der Waals surface area contributed by atoms with E-state index < -0.39 is 0 Å². The van der Waals surface area contributed by atoms with Crippen molar-refractivity contribution in [3.8, 4) is 39.1 Å². The molecule has 0 saturated heterocycles. The van der Waals surface area contributed by atoms with E-state index in [1.54, 1.807) is 0 Å². The molecule has 0 amide bonds. The van der Waals surface area contributed by atoms with Crippen molar-refractivity contribution in [3.63, 3.8) is 0 Å². The zero-order chi connectivity index (χ0) is 32.6. The van der Waals surface area contributed by atoms with Gasteiger partial charge >= 0.3 is 0 Å². The number of benzene rings is 6. The Kier molecular flexibility index (Phi) is 7.43. The number of nitrogens with zero attached hydrogens (tertiary/aromatic N) is 2. The summed E-state index contributed by atoms with van der Waals surface area (Å²) in [5.41, 5.74) is 13.8. The van der Waals surface area contributed by atoms with Gasteiger partial charge in [-0.1, -0.05) is 128 Å². The molecule has 1 fully saturated rings. The molecule has 2 heteroatoms. The fourth-order valence-electron chi connectivity index (χ4n) is 8.30. The highest BCUT2D eigenvalue weighted by atomic mass is 15.0. The summed E-state index contributed by atoms with van der Waals surface area (Å²) < 4.78 is 2.42. The second kappa shape index (κ2) is 12.4. The van der Waals surface area contributed by atoms with Gasteiger partial charge in [0.2, 0.25) is 0 Å². The van der Waals surface area contributed by atoms with Crippen LogP contribution in [0.1, 0.15) is 43.2 Å². The lowest BCUT2D eigenvalue weighted by molar-refractivity contribution is 0.346. The molecule has 1 saturated carbocycles. The molecule has 2 aromatic heterocycles. The Balaban J connectivity index is 1.10. The van der Waals surface area contributed by atoms with Crippen molar-refractivity contribution in [1.29, 1.82) is 0 Å². The second-order valence-corrected chi connectivity index (χ2v) is 13.5. The van der Waals surface area contributed by atoms with Crippen molar-refractivity contribution in [2.75, 3.05) is 0 Å². The number of hydrogen-bond donors (Lipinski definition) is 0. The van der Waals surface area contributed by atoms with Gasteiger partial charge in [0.15, 0.2) is 0 Å². The minimum absolute atomic E-state index is 0.0168. The van der Waals surface area contributed by atoms with Gasteiger partial charge in [-0.2, -0.15) is 0 Å². The molecular weight excluding hydrogens is 593 g/mol. The van der Waals surface area contributed by atoms with Crippen molar-refractivity contribution in [1.82, 2.24) is 9.55 Å². The number of para-hydroxylation sites is 2. The first-order valence-electron chi connectivity index (χ1n) is 17.6. The number of pyridine rings is 1. The van der Waals surface area contributed by atoms with Crippen LogP contribution in [0, 0.1) is 0 Å². The average molecular weight is 631 g/mol. The van der Waals surface area contributed by atoms with Crippen molar-refractivity contribution in [2.24, 2.45) is 0 Å². The molecule has 0 radical (unpaired) electrons. The molecule has 0 aliphatic heterocycles. The topological polar surface area (TPSA) is 17.8 Å². The molecule has 6 aromatic carbocycles.